The molecule has 2 aromatic carbocycles. The van der Waals surface area contributed by atoms with Gasteiger partial charge in [0.25, 0.3) is 0 Å². The van der Waals surface area contributed by atoms with Crippen LogP contribution in [0, 0.1) is 20.8 Å². The fraction of sp³-hybridized carbons (Fsp3) is 0.250. The molecule has 0 spiro atoms. The van der Waals surface area contributed by atoms with Crippen LogP contribution < -0.4 is 10.6 Å². The number of urea groups is 1. The number of benzene rings is 2. The molecule has 0 aliphatic heterocycles. The van der Waals surface area contributed by atoms with Gasteiger partial charge in [0.1, 0.15) is 5.82 Å². The number of anilines is 1. The normalized spacial score (nSPS) is 11.8. The van der Waals surface area contributed by atoms with E-state index >= 15 is 0 Å². The van der Waals surface area contributed by atoms with Crippen molar-refractivity contribution in [1.29, 1.82) is 0 Å². The largest absolute Gasteiger partial charge is 0.331 e. The monoisotopic (exact) mass is 349 g/mol. The molecule has 0 aliphatic rings. The second kappa shape index (κ2) is 7.39. The number of amides is 2. The smallest absolute Gasteiger partial charge is 0.319 e. The third-order valence-electron chi connectivity index (χ3n) is 4.22. The van der Waals surface area contributed by atoms with Crippen LogP contribution in [0.5, 0.6) is 0 Å². The van der Waals surface area contributed by atoms with Gasteiger partial charge in [0, 0.05) is 11.3 Å². The molecule has 1 atom stereocenters. The Kier molecular flexibility index (Phi) is 5.02. The molecule has 3 aromatic rings. The highest BCUT2D eigenvalue weighted by Gasteiger charge is 2.12. The second-order valence-corrected chi connectivity index (χ2v) is 6.51. The van der Waals surface area contributed by atoms with Crippen molar-refractivity contribution in [2.75, 3.05) is 5.32 Å². The van der Waals surface area contributed by atoms with E-state index in [1.165, 1.54) is 5.56 Å². The van der Waals surface area contributed by atoms with Crippen LogP contribution in [0.4, 0.5) is 10.5 Å². The molecule has 3 rings (SSSR count). The lowest BCUT2D eigenvalue weighted by atomic mass is 10.0. The quantitative estimate of drug-likeness (QED) is 0.657. The summed E-state index contributed by atoms with van der Waals surface area (Å²) in [6.07, 6.45) is 0. The maximum Gasteiger partial charge on any atom is 0.319 e. The van der Waals surface area contributed by atoms with Crippen molar-refractivity contribution >= 4 is 11.7 Å². The zero-order valence-corrected chi connectivity index (χ0v) is 15.4. The Morgan fingerprint density at radius 3 is 2.65 bits per heavy atom. The predicted octanol–water partition coefficient (Wildman–Crippen LogP) is 4.28. The van der Waals surface area contributed by atoms with Crippen LogP contribution in [0.25, 0.3) is 11.4 Å². The number of nitrogens with zero attached hydrogens (tertiary/aromatic N) is 2. The van der Waals surface area contributed by atoms with Gasteiger partial charge in [0.15, 0.2) is 5.82 Å². The third-order valence-corrected chi connectivity index (χ3v) is 4.22. The first-order valence-corrected chi connectivity index (χ1v) is 8.56. The van der Waals surface area contributed by atoms with Crippen molar-refractivity contribution in [3.63, 3.8) is 0 Å². The van der Waals surface area contributed by atoms with Crippen molar-refractivity contribution in [3.05, 3.63) is 65.0 Å². The maximum atomic E-state index is 12.4. The number of hydrogen-bond acceptors (Lipinski definition) is 3. The highest BCUT2D eigenvalue weighted by molar-refractivity contribution is 5.90. The standard InChI is InChI=1S/C20H23N5O/c1-12-8-9-13(2)18(10-12)14(3)21-20(26)23-17-7-5-6-16(11-17)19-22-15(4)24-25-19/h5-11,14H,1-4H3,(H2,21,23,26)(H,22,24,25). The number of nitrogens with one attached hydrogen (secondary N) is 3. The molecule has 2 amide bonds. The number of carbonyl (C=O) groups excluding carboxylic acids is 1. The van der Waals surface area contributed by atoms with Crippen molar-refractivity contribution in [2.24, 2.45) is 0 Å². The van der Waals surface area contributed by atoms with E-state index in [4.69, 9.17) is 0 Å². The molecule has 0 saturated heterocycles. The Morgan fingerprint density at radius 2 is 1.92 bits per heavy atom. The summed E-state index contributed by atoms with van der Waals surface area (Å²) < 4.78 is 0. The first-order chi connectivity index (χ1) is 12.4. The van der Waals surface area contributed by atoms with E-state index in [2.05, 4.69) is 44.0 Å². The second-order valence-electron chi connectivity index (χ2n) is 6.51. The summed E-state index contributed by atoms with van der Waals surface area (Å²) in [7, 11) is 0. The molecule has 0 bridgehead atoms. The van der Waals surface area contributed by atoms with Crippen LogP contribution in [0.3, 0.4) is 0 Å². The Hall–Kier alpha value is -3.15. The molecule has 1 aromatic heterocycles. The molecule has 6 heteroatoms. The molecule has 3 N–H and O–H groups in total. The van der Waals surface area contributed by atoms with Crippen LogP contribution in [0.1, 0.15) is 35.5 Å². The van der Waals surface area contributed by atoms with Gasteiger partial charge in [0.2, 0.25) is 0 Å². The number of hydrogen-bond donors (Lipinski definition) is 3. The van der Waals surface area contributed by atoms with Gasteiger partial charge in [-0.15, -0.1) is 0 Å². The highest BCUT2D eigenvalue weighted by Crippen LogP contribution is 2.21. The number of aromatic nitrogens is 3. The topological polar surface area (TPSA) is 82.7 Å². The number of carbonyl (C=O) groups is 1. The van der Waals surface area contributed by atoms with Crippen LogP contribution in [0.15, 0.2) is 42.5 Å². The summed E-state index contributed by atoms with van der Waals surface area (Å²) in [5.41, 5.74) is 4.98. The SMILES string of the molecule is Cc1ccc(C)c(C(C)NC(=O)Nc2cccc(-c3n[nH]c(C)n3)c2)c1. The van der Waals surface area contributed by atoms with Crippen LogP contribution in [-0.4, -0.2) is 21.2 Å². The van der Waals surface area contributed by atoms with Crippen molar-refractivity contribution in [3.8, 4) is 11.4 Å². The highest BCUT2D eigenvalue weighted by atomic mass is 16.2. The molecule has 0 aliphatic carbocycles. The Morgan fingerprint density at radius 1 is 1.12 bits per heavy atom. The Bertz CT molecular complexity index is 931. The van der Waals surface area contributed by atoms with Crippen molar-refractivity contribution in [1.82, 2.24) is 20.5 Å². The fourth-order valence-corrected chi connectivity index (χ4v) is 2.88. The van der Waals surface area contributed by atoms with Crippen LogP contribution >= 0.6 is 0 Å². The molecule has 134 valence electrons. The molecule has 1 heterocycles. The van der Waals surface area contributed by atoms with Crippen LogP contribution in [0.2, 0.25) is 0 Å². The lowest BCUT2D eigenvalue weighted by Crippen LogP contribution is -2.31. The minimum atomic E-state index is -0.248. The van der Waals surface area contributed by atoms with Gasteiger partial charge in [0.05, 0.1) is 6.04 Å². The van der Waals surface area contributed by atoms with E-state index in [0.29, 0.717) is 11.5 Å². The van der Waals surface area contributed by atoms with E-state index in [1.54, 1.807) is 0 Å². The number of aromatic amines is 1. The average molecular weight is 349 g/mol. The van der Waals surface area contributed by atoms with Crippen molar-refractivity contribution < 1.29 is 4.79 Å². The zero-order chi connectivity index (χ0) is 18.7. The first-order valence-electron chi connectivity index (χ1n) is 8.56. The molecule has 0 fully saturated rings. The fourth-order valence-electron chi connectivity index (χ4n) is 2.88. The Labute approximate surface area is 153 Å². The maximum absolute atomic E-state index is 12.4. The minimum Gasteiger partial charge on any atom is -0.331 e. The first kappa shape index (κ1) is 17.7. The van der Waals surface area contributed by atoms with Gasteiger partial charge in [-0.1, -0.05) is 35.9 Å². The summed E-state index contributed by atoms with van der Waals surface area (Å²) >= 11 is 0. The minimum absolute atomic E-state index is 0.0891. The Balaban J connectivity index is 1.69. The van der Waals surface area contributed by atoms with E-state index in [0.717, 1.165) is 22.5 Å². The third kappa shape index (κ3) is 4.08. The summed E-state index contributed by atoms with van der Waals surface area (Å²) in [6, 6.07) is 13.4. The molecule has 0 saturated carbocycles. The van der Waals surface area contributed by atoms with Gasteiger partial charge in [-0.25, -0.2) is 9.78 Å². The van der Waals surface area contributed by atoms with Gasteiger partial charge in [-0.3, -0.25) is 5.10 Å². The predicted molar refractivity (Wildman–Crippen MR) is 103 cm³/mol. The lowest BCUT2D eigenvalue weighted by molar-refractivity contribution is 0.249. The average Bonchev–Trinajstić information content (AvgIpc) is 3.03. The van der Waals surface area contributed by atoms with E-state index in [-0.39, 0.29) is 12.1 Å². The zero-order valence-electron chi connectivity index (χ0n) is 15.4. The number of rotatable bonds is 4. The molecular weight excluding hydrogens is 326 g/mol. The number of H-pyrrole nitrogens is 1. The van der Waals surface area contributed by atoms with Crippen LogP contribution in [-0.2, 0) is 0 Å². The summed E-state index contributed by atoms with van der Waals surface area (Å²) in [6.45, 7) is 7.92. The van der Waals surface area contributed by atoms with Crippen molar-refractivity contribution in [2.45, 2.75) is 33.7 Å². The molecule has 26 heavy (non-hydrogen) atoms. The molecule has 1 unspecified atom stereocenters. The molecule has 6 nitrogen and oxygen atoms in total. The van der Waals surface area contributed by atoms with E-state index in [9.17, 15) is 4.79 Å². The number of aryl methyl sites for hydroxylation is 3. The van der Waals surface area contributed by atoms with Gasteiger partial charge < -0.3 is 10.6 Å². The molecule has 0 radical (unpaired) electrons. The summed E-state index contributed by atoms with van der Waals surface area (Å²) in [5.74, 6) is 1.36. The molecular formula is C20H23N5O. The summed E-state index contributed by atoms with van der Waals surface area (Å²) in [4.78, 5) is 16.7. The lowest BCUT2D eigenvalue weighted by Gasteiger charge is -2.18. The van der Waals surface area contributed by atoms with Gasteiger partial charge in [-0.2, -0.15) is 5.10 Å². The van der Waals surface area contributed by atoms with E-state index in [1.807, 2.05) is 52.0 Å². The summed E-state index contributed by atoms with van der Waals surface area (Å²) in [5, 5.41) is 12.8. The van der Waals surface area contributed by atoms with Gasteiger partial charge >= 0.3 is 6.03 Å². The van der Waals surface area contributed by atoms with E-state index < -0.39 is 0 Å². The van der Waals surface area contributed by atoms with Gasteiger partial charge in [-0.05, 0) is 51.0 Å².